The normalized spacial score (nSPS) is 15.1. The van der Waals surface area contributed by atoms with Crippen molar-refractivity contribution in [3.8, 4) is 17.0 Å². The maximum atomic E-state index is 12.9. The number of nitrogens with one attached hydrogen (secondary N) is 2. The molecule has 1 aliphatic heterocycles. The summed E-state index contributed by atoms with van der Waals surface area (Å²) in [5, 5.41) is 7.97. The number of nitrogens with two attached hydrogens (primary N) is 1. The molecule has 4 N–H and O–H groups in total. The number of primary amides is 1. The maximum absolute atomic E-state index is 12.9. The van der Waals surface area contributed by atoms with Crippen LogP contribution < -0.4 is 20.5 Å². The molecule has 4 aromatic rings. The Morgan fingerprint density at radius 1 is 1.10 bits per heavy atom. The van der Waals surface area contributed by atoms with Crippen LogP contribution in [0.3, 0.4) is 0 Å². The molecule has 0 saturated carbocycles. The third kappa shape index (κ3) is 6.72. The molecule has 0 atom stereocenters. The van der Waals surface area contributed by atoms with E-state index in [0.717, 1.165) is 54.1 Å². The molecule has 0 spiro atoms. The van der Waals surface area contributed by atoms with Crippen LogP contribution >= 0.6 is 0 Å². The van der Waals surface area contributed by atoms with Crippen molar-refractivity contribution < 1.29 is 17.9 Å². The van der Waals surface area contributed by atoms with E-state index in [0.29, 0.717) is 24.0 Å². The standard InChI is InChI=1S/C30H37N7O4S/c1-30(2,3)35-42(39,40)24-7-5-6-21(16-24)26-11-9-23-18-32-29(34-37(23)26)33-22-8-10-25(27(17-22)41-4)20-12-14-36(15-13-20)19-28(31)38/h5-11,16-18,20,35H,12-15,19H2,1-4H3,(H2,31,38)(H,33,34). The molecular formula is C30H37N7O4S. The van der Waals surface area contributed by atoms with E-state index in [1.807, 2.05) is 30.3 Å². The van der Waals surface area contributed by atoms with E-state index < -0.39 is 15.6 Å². The van der Waals surface area contributed by atoms with Crippen LogP contribution in [0.2, 0.25) is 0 Å². The molecule has 222 valence electrons. The fourth-order valence-electron chi connectivity index (χ4n) is 5.34. The molecule has 0 unspecified atom stereocenters. The van der Waals surface area contributed by atoms with E-state index in [1.165, 1.54) is 0 Å². The molecule has 0 bridgehead atoms. The third-order valence-electron chi connectivity index (χ3n) is 7.18. The van der Waals surface area contributed by atoms with Crippen LogP contribution in [0, 0.1) is 0 Å². The number of piperidine rings is 1. The van der Waals surface area contributed by atoms with Gasteiger partial charge in [0.05, 0.1) is 36.0 Å². The van der Waals surface area contributed by atoms with Crippen LogP contribution in [0.15, 0.2) is 65.7 Å². The van der Waals surface area contributed by atoms with Gasteiger partial charge in [-0.05, 0) is 88.5 Å². The number of nitrogens with zero attached hydrogens (tertiary/aromatic N) is 4. The van der Waals surface area contributed by atoms with Crippen LogP contribution in [0.25, 0.3) is 16.8 Å². The van der Waals surface area contributed by atoms with E-state index >= 15 is 0 Å². The zero-order valence-electron chi connectivity index (χ0n) is 24.3. The molecule has 2 aromatic heterocycles. The minimum atomic E-state index is -3.70. The van der Waals surface area contributed by atoms with Crippen molar-refractivity contribution in [1.29, 1.82) is 0 Å². The van der Waals surface area contributed by atoms with E-state index in [9.17, 15) is 13.2 Å². The smallest absolute Gasteiger partial charge is 0.245 e. The second-order valence-corrected chi connectivity index (χ2v) is 13.3. The van der Waals surface area contributed by atoms with Crippen molar-refractivity contribution in [3.63, 3.8) is 0 Å². The van der Waals surface area contributed by atoms with Crippen LogP contribution in [-0.4, -0.2) is 66.1 Å². The number of carbonyl (C=O) groups is 1. The number of sulfonamides is 1. The number of fused-ring (bicyclic) bond motifs is 1. The first kappa shape index (κ1) is 29.5. The summed E-state index contributed by atoms with van der Waals surface area (Å²) in [7, 11) is -2.04. The van der Waals surface area contributed by atoms with E-state index in [-0.39, 0.29) is 10.8 Å². The number of anilines is 2. The molecule has 2 aromatic carbocycles. The summed E-state index contributed by atoms with van der Waals surface area (Å²) in [6.07, 6.45) is 3.55. The zero-order valence-corrected chi connectivity index (χ0v) is 25.1. The predicted octanol–water partition coefficient (Wildman–Crippen LogP) is 3.89. The van der Waals surface area contributed by atoms with Crippen molar-refractivity contribution in [2.24, 2.45) is 5.73 Å². The summed E-state index contributed by atoms with van der Waals surface area (Å²) in [5.74, 6) is 1.18. The number of likely N-dealkylation sites (tertiary alicyclic amines) is 1. The number of hydrogen-bond acceptors (Lipinski definition) is 8. The van der Waals surface area contributed by atoms with Gasteiger partial charge in [-0.1, -0.05) is 18.2 Å². The Balaban J connectivity index is 1.37. The van der Waals surface area contributed by atoms with Crippen LogP contribution in [-0.2, 0) is 14.8 Å². The Morgan fingerprint density at radius 3 is 2.55 bits per heavy atom. The van der Waals surface area contributed by atoms with Crippen molar-refractivity contribution in [1.82, 2.24) is 24.2 Å². The lowest BCUT2D eigenvalue weighted by Gasteiger charge is -2.32. The average molecular weight is 592 g/mol. The summed E-state index contributed by atoms with van der Waals surface area (Å²) >= 11 is 0. The second kappa shape index (κ2) is 11.7. The van der Waals surface area contributed by atoms with Gasteiger partial charge in [0.25, 0.3) is 0 Å². The highest BCUT2D eigenvalue weighted by atomic mass is 32.2. The molecular weight excluding hydrogens is 554 g/mol. The molecule has 1 saturated heterocycles. The molecule has 42 heavy (non-hydrogen) atoms. The highest BCUT2D eigenvalue weighted by Gasteiger charge is 2.25. The Hall–Kier alpha value is -4.00. The number of ether oxygens (including phenoxy) is 1. The molecule has 0 radical (unpaired) electrons. The van der Waals surface area contributed by atoms with Gasteiger partial charge in [0.1, 0.15) is 5.75 Å². The minimum Gasteiger partial charge on any atom is -0.496 e. The monoisotopic (exact) mass is 591 g/mol. The first-order valence-electron chi connectivity index (χ1n) is 13.9. The molecule has 0 aliphatic carbocycles. The molecule has 3 heterocycles. The van der Waals surface area contributed by atoms with Crippen molar-refractivity contribution >= 4 is 33.1 Å². The Kier molecular flexibility index (Phi) is 8.22. The van der Waals surface area contributed by atoms with Crippen LogP contribution in [0.1, 0.15) is 45.1 Å². The number of hydrogen-bond donors (Lipinski definition) is 3. The predicted molar refractivity (Wildman–Crippen MR) is 162 cm³/mol. The largest absolute Gasteiger partial charge is 0.496 e. The summed E-state index contributed by atoms with van der Waals surface area (Å²) in [6, 6.07) is 16.6. The topological polar surface area (TPSA) is 144 Å². The summed E-state index contributed by atoms with van der Waals surface area (Å²) < 4.78 is 36.1. The average Bonchev–Trinajstić information content (AvgIpc) is 3.35. The van der Waals surface area contributed by atoms with Gasteiger partial charge in [-0.3, -0.25) is 9.69 Å². The molecule has 1 amide bonds. The molecule has 12 heteroatoms. The van der Waals surface area contributed by atoms with Gasteiger partial charge >= 0.3 is 0 Å². The van der Waals surface area contributed by atoms with E-state index in [2.05, 4.69) is 26.0 Å². The van der Waals surface area contributed by atoms with Gasteiger partial charge in [0.15, 0.2) is 0 Å². The lowest BCUT2D eigenvalue weighted by Crippen LogP contribution is -2.40. The summed E-state index contributed by atoms with van der Waals surface area (Å²) in [4.78, 5) is 18.0. The first-order valence-corrected chi connectivity index (χ1v) is 15.3. The third-order valence-corrected chi connectivity index (χ3v) is 8.93. The van der Waals surface area contributed by atoms with Crippen molar-refractivity contribution in [2.75, 3.05) is 32.1 Å². The number of rotatable bonds is 9. The quantitative estimate of drug-likeness (QED) is 0.266. The highest BCUT2D eigenvalue weighted by Crippen LogP contribution is 2.36. The molecule has 5 rings (SSSR count). The van der Waals surface area contributed by atoms with Gasteiger partial charge in [-0.25, -0.2) is 22.6 Å². The lowest BCUT2D eigenvalue weighted by atomic mass is 9.88. The fraction of sp³-hybridized carbons (Fsp3) is 0.367. The Morgan fingerprint density at radius 2 is 1.86 bits per heavy atom. The molecule has 1 fully saturated rings. The molecule has 1 aliphatic rings. The fourth-order valence-corrected chi connectivity index (χ4v) is 6.80. The van der Waals surface area contributed by atoms with Crippen LogP contribution in [0.4, 0.5) is 11.6 Å². The Bertz CT molecular complexity index is 1700. The van der Waals surface area contributed by atoms with Gasteiger partial charge in [0, 0.05) is 22.9 Å². The van der Waals surface area contributed by atoms with Crippen molar-refractivity contribution in [2.45, 2.75) is 50.0 Å². The van der Waals surface area contributed by atoms with Gasteiger partial charge in [-0.2, -0.15) is 0 Å². The molecule has 11 nitrogen and oxygen atoms in total. The zero-order chi connectivity index (χ0) is 30.1. The number of methoxy groups -OCH3 is 1. The second-order valence-electron chi connectivity index (χ2n) is 11.6. The number of carbonyl (C=O) groups excluding carboxylic acids is 1. The van der Waals surface area contributed by atoms with Crippen LogP contribution in [0.5, 0.6) is 5.75 Å². The van der Waals surface area contributed by atoms with Gasteiger partial charge < -0.3 is 15.8 Å². The maximum Gasteiger partial charge on any atom is 0.245 e. The van der Waals surface area contributed by atoms with Crippen molar-refractivity contribution in [3.05, 3.63) is 66.4 Å². The first-order chi connectivity index (χ1) is 19.9. The minimum absolute atomic E-state index is 0.183. The lowest BCUT2D eigenvalue weighted by molar-refractivity contribution is -0.119. The van der Waals surface area contributed by atoms with E-state index in [1.54, 1.807) is 56.8 Å². The number of benzene rings is 2. The van der Waals surface area contributed by atoms with E-state index in [4.69, 9.17) is 15.6 Å². The highest BCUT2D eigenvalue weighted by molar-refractivity contribution is 7.89. The summed E-state index contributed by atoms with van der Waals surface area (Å²) in [6.45, 7) is 7.33. The number of amides is 1. The Labute approximate surface area is 246 Å². The SMILES string of the molecule is COc1cc(Nc2ncc3ccc(-c4cccc(S(=O)(=O)NC(C)(C)C)c4)n3n2)ccc1C1CCN(CC(N)=O)CC1. The van der Waals surface area contributed by atoms with Gasteiger partial charge in [-0.15, -0.1) is 5.10 Å². The summed E-state index contributed by atoms with van der Waals surface area (Å²) in [5.41, 5.74) is 8.87. The van der Waals surface area contributed by atoms with Gasteiger partial charge in [0.2, 0.25) is 21.9 Å². The number of aromatic nitrogens is 3.